The largest absolute Gasteiger partial charge is 0.373 e. The third-order valence-electron chi connectivity index (χ3n) is 3.75. The Labute approximate surface area is 129 Å². The molecular weight excluding hydrogens is 280 g/mol. The van der Waals surface area contributed by atoms with Crippen molar-refractivity contribution in [2.75, 3.05) is 29.1 Å². The molecule has 1 aromatic carbocycles. The van der Waals surface area contributed by atoms with Crippen LogP contribution in [0, 0.1) is 0 Å². The number of rotatable bonds is 4. The number of nitrogens with two attached hydrogens (primary N) is 1. The van der Waals surface area contributed by atoms with Crippen LogP contribution in [0.5, 0.6) is 0 Å². The molecule has 0 aliphatic carbocycles. The number of aromatic nitrogens is 2. The molecule has 2 atom stereocenters. The molecule has 1 aliphatic heterocycles. The van der Waals surface area contributed by atoms with Gasteiger partial charge in [0.1, 0.15) is 12.0 Å². The normalized spacial score (nSPS) is 21.0. The second-order valence-corrected chi connectivity index (χ2v) is 5.25. The van der Waals surface area contributed by atoms with Crippen LogP contribution >= 0.6 is 0 Å². The molecule has 116 valence electrons. The lowest BCUT2D eigenvalue weighted by molar-refractivity contribution is 0.167. The van der Waals surface area contributed by atoms with Gasteiger partial charge in [-0.1, -0.05) is 6.07 Å². The Morgan fingerprint density at radius 1 is 1.36 bits per heavy atom. The monoisotopic (exact) mass is 300 g/mol. The van der Waals surface area contributed by atoms with E-state index in [4.69, 9.17) is 5.73 Å². The van der Waals surface area contributed by atoms with Crippen molar-refractivity contribution in [1.29, 1.82) is 0 Å². The summed E-state index contributed by atoms with van der Waals surface area (Å²) in [5.41, 5.74) is 7.65. The summed E-state index contributed by atoms with van der Waals surface area (Å²) in [6.07, 6.45) is 1.83. The van der Waals surface area contributed by atoms with E-state index in [0.717, 1.165) is 30.2 Å². The average molecular weight is 300 g/mol. The predicted molar refractivity (Wildman–Crippen MR) is 87.2 cm³/mol. The molecule has 5 N–H and O–H groups in total. The highest BCUT2D eigenvalue weighted by Gasteiger charge is 2.29. The fraction of sp³-hybridized carbons (Fsp3) is 0.333. The molecular formula is C15H20N6O. The molecule has 1 fully saturated rings. The molecule has 1 aliphatic rings. The number of nitrogens with zero attached hydrogens (tertiary/aromatic N) is 3. The first kappa shape index (κ1) is 14.6. The molecule has 0 bridgehead atoms. The van der Waals surface area contributed by atoms with Crippen molar-refractivity contribution in [3.63, 3.8) is 0 Å². The van der Waals surface area contributed by atoms with Crippen molar-refractivity contribution < 1.29 is 5.11 Å². The average Bonchev–Trinajstić information content (AvgIpc) is 2.87. The molecule has 0 radical (unpaired) electrons. The summed E-state index contributed by atoms with van der Waals surface area (Å²) in [5.74, 6) is 1.26. The first-order valence-electron chi connectivity index (χ1n) is 7.25. The first-order valence-corrected chi connectivity index (χ1v) is 7.25. The predicted octanol–water partition coefficient (Wildman–Crippen LogP) is 1.12. The highest BCUT2D eigenvalue weighted by Crippen LogP contribution is 2.27. The Hall–Kier alpha value is -2.38. The van der Waals surface area contributed by atoms with Crippen LogP contribution in [-0.4, -0.2) is 40.9 Å². The lowest BCUT2D eigenvalue weighted by Gasteiger charge is -2.24. The summed E-state index contributed by atoms with van der Waals surface area (Å²) >= 11 is 0. The zero-order chi connectivity index (χ0) is 15.5. The van der Waals surface area contributed by atoms with Crippen molar-refractivity contribution in [1.82, 2.24) is 9.97 Å². The SMILES string of the molecule is CNc1ccnc(Nc2cccc(N3CCC(N)C3O)c2)n1. The van der Waals surface area contributed by atoms with Crippen LogP contribution in [0.1, 0.15) is 6.42 Å². The van der Waals surface area contributed by atoms with Crippen molar-refractivity contribution >= 4 is 23.1 Å². The summed E-state index contributed by atoms with van der Waals surface area (Å²) in [6.45, 7) is 0.748. The summed E-state index contributed by atoms with van der Waals surface area (Å²) < 4.78 is 0. The number of hydrogen-bond acceptors (Lipinski definition) is 7. The topological polar surface area (TPSA) is 99.3 Å². The van der Waals surface area contributed by atoms with E-state index < -0.39 is 6.23 Å². The van der Waals surface area contributed by atoms with E-state index in [-0.39, 0.29) is 6.04 Å². The van der Waals surface area contributed by atoms with Gasteiger partial charge in [0.25, 0.3) is 0 Å². The third kappa shape index (κ3) is 2.95. The van der Waals surface area contributed by atoms with Crippen LogP contribution in [0.3, 0.4) is 0 Å². The van der Waals surface area contributed by atoms with Gasteiger partial charge in [0.05, 0.1) is 6.04 Å². The van der Waals surface area contributed by atoms with Crippen LogP contribution in [0.15, 0.2) is 36.5 Å². The zero-order valence-corrected chi connectivity index (χ0v) is 12.4. The second kappa shape index (κ2) is 6.17. The van der Waals surface area contributed by atoms with Crippen LogP contribution in [0.4, 0.5) is 23.1 Å². The highest BCUT2D eigenvalue weighted by atomic mass is 16.3. The third-order valence-corrected chi connectivity index (χ3v) is 3.75. The van der Waals surface area contributed by atoms with E-state index in [1.807, 2.05) is 36.2 Å². The van der Waals surface area contributed by atoms with E-state index in [1.165, 1.54) is 0 Å². The van der Waals surface area contributed by atoms with Gasteiger partial charge in [-0.15, -0.1) is 0 Å². The Morgan fingerprint density at radius 3 is 2.95 bits per heavy atom. The minimum Gasteiger partial charge on any atom is -0.373 e. The van der Waals surface area contributed by atoms with E-state index in [0.29, 0.717) is 5.95 Å². The van der Waals surface area contributed by atoms with Gasteiger partial charge in [-0.2, -0.15) is 4.98 Å². The van der Waals surface area contributed by atoms with Gasteiger partial charge in [0.15, 0.2) is 0 Å². The summed E-state index contributed by atoms with van der Waals surface area (Å²) in [5, 5.41) is 16.2. The van der Waals surface area contributed by atoms with Crippen molar-refractivity contribution in [3.8, 4) is 0 Å². The standard InChI is InChI=1S/C15H20N6O/c1-17-13-5-7-18-15(20-13)19-10-3-2-4-11(9-10)21-8-6-12(16)14(21)22/h2-5,7,9,12,14,22H,6,8,16H2,1H3,(H2,17,18,19,20). The molecule has 7 heteroatoms. The molecule has 0 spiro atoms. The lowest BCUT2D eigenvalue weighted by Crippen LogP contribution is -2.39. The van der Waals surface area contributed by atoms with Gasteiger partial charge in [-0.3, -0.25) is 0 Å². The van der Waals surface area contributed by atoms with Gasteiger partial charge >= 0.3 is 0 Å². The van der Waals surface area contributed by atoms with Crippen molar-refractivity contribution in [2.45, 2.75) is 18.7 Å². The fourth-order valence-corrected chi connectivity index (χ4v) is 2.53. The van der Waals surface area contributed by atoms with Gasteiger partial charge in [0, 0.05) is 31.2 Å². The second-order valence-electron chi connectivity index (χ2n) is 5.25. The Balaban J connectivity index is 1.79. The Kier molecular flexibility index (Phi) is 4.08. The van der Waals surface area contributed by atoms with Crippen LogP contribution < -0.4 is 21.3 Å². The van der Waals surface area contributed by atoms with Crippen molar-refractivity contribution in [2.24, 2.45) is 5.73 Å². The molecule has 1 aromatic heterocycles. The zero-order valence-electron chi connectivity index (χ0n) is 12.4. The molecule has 3 rings (SSSR count). The maximum atomic E-state index is 10.1. The number of benzene rings is 1. The maximum Gasteiger partial charge on any atom is 0.229 e. The Bertz CT molecular complexity index is 649. The van der Waals surface area contributed by atoms with Gasteiger partial charge < -0.3 is 26.4 Å². The molecule has 1 saturated heterocycles. The number of anilines is 4. The van der Waals surface area contributed by atoms with Gasteiger partial charge in [-0.25, -0.2) is 4.98 Å². The molecule has 0 amide bonds. The number of hydrogen-bond donors (Lipinski definition) is 4. The number of aliphatic hydroxyl groups excluding tert-OH is 1. The molecule has 22 heavy (non-hydrogen) atoms. The van der Waals surface area contributed by atoms with E-state index >= 15 is 0 Å². The molecule has 2 unspecified atom stereocenters. The molecule has 2 aromatic rings. The van der Waals surface area contributed by atoms with Gasteiger partial charge in [0.2, 0.25) is 5.95 Å². The van der Waals surface area contributed by atoms with Gasteiger partial charge in [-0.05, 0) is 30.7 Å². The highest BCUT2D eigenvalue weighted by molar-refractivity contribution is 5.63. The molecule has 7 nitrogen and oxygen atoms in total. The molecule has 0 saturated carbocycles. The van der Waals surface area contributed by atoms with Crippen LogP contribution in [0.2, 0.25) is 0 Å². The molecule has 2 heterocycles. The van der Waals surface area contributed by atoms with E-state index in [9.17, 15) is 5.11 Å². The minimum absolute atomic E-state index is 0.202. The fourth-order valence-electron chi connectivity index (χ4n) is 2.53. The minimum atomic E-state index is -0.640. The van der Waals surface area contributed by atoms with E-state index in [2.05, 4.69) is 20.6 Å². The van der Waals surface area contributed by atoms with Crippen LogP contribution in [0.25, 0.3) is 0 Å². The Morgan fingerprint density at radius 2 is 2.23 bits per heavy atom. The lowest BCUT2D eigenvalue weighted by atomic mass is 10.2. The van der Waals surface area contributed by atoms with Crippen molar-refractivity contribution in [3.05, 3.63) is 36.5 Å². The van der Waals surface area contributed by atoms with E-state index in [1.54, 1.807) is 12.3 Å². The summed E-state index contributed by atoms with van der Waals surface area (Å²) in [4.78, 5) is 10.4. The summed E-state index contributed by atoms with van der Waals surface area (Å²) in [7, 11) is 1.81. The maximum absolute atomic E-state index is 10.1. The number of aliphatic hydroxyl groups is 1. The quantitative estimate of drug-likeness (QED) is 0.671. The van der Waals surface area contributed by atoms with Crippen LogP contribution in [-0.2, 0) is 0 Å². The smallest absolute Gasteiger partial charge is 0.229 e. The first-order chi connectivity index (χ1) is 10.7. The number of nitrogens with one attached hydrogen (secondary N) is 2. The summed E-state index contributed by atoms with van der Waals surface area (Å²) in [6, 6.07) is 9.36.